The Morgan fingerprint density at radius 2 is 1.73 bits per heavy atom. The Balaban J connectivity index is 1.90. The lowest BCUT2D eigenvalue weighted by atomic mass is 9.72. The van der Waals surface area contributed by atoms with E-state index in [-0.39, 0.29) is 11.7 Å². The van der Waals surface area contributed by atoms with E-state index in [4.69, 9.17) is 15.2 Å². The summed E-state index contributed by atoms with van der Waals surface area (Å²) in [5.41, 5.74) is 10.3. The number of ether oxygens (including phenoxy) is 2. The molecule has 0 bridgehead atoms. The molecule has 2 aliphatic rings. The largest absolute Gasteiger partial charge is 0.493 e. The highest BCUT2D eigenvalue weighted by molar-refractivity contribution is 6.00. The van der Waals surface area contributed by atoms with Crippen LogP contribution in [-0.4, -0.2) is 44.1 Å². The second-order valence-electron chi connectivity index (χ2n) is 8.42. The zero-order chi connectivity index (χ0) is 23.7. The topological polar surface area (TPSA) is 91.8 Å². The Kier molecular flexibility index (Phi) is 6.12. The molecule has 0 amide bonds. The number of carbonyl (C=O) groups is 1. The van der Waals surface area contributed by atoms with Crippen LogP contribution in [0, 0.1) is 11.3 Å². The van der Waals surface area contributed by atoms with Crippen molar-refractivity contribution in [3.63, 3.8) is 0 Å². The van der Waals surface area contributed by atoms with Crippen molar-refractivity contribution in [3.8, 4) is 17.6 Å². The fraction of sp³-hybridized carbons (Fsp3) is 0.308. The van der Waals surface area contributed by atoms with Gasteiger partial charge < -0.3 is 15.2 Å². The highest BCUT2D eigenvalue weighted by Crippen LogP contribution is 2.48. The standard InChI is InChI=1S/C26H28N4O3/c1-29(2)30-20-12-18(16-8-6-5-7-9-16)13-21(31)25(20)24(19(15-27)26(30)28)17-10-11-22(32-3)23(14-17)33-4/h5-11,14,18,24H,12-13,28H2,1-4H3/t18-,24-/m1/s1. The number of nitrogens with zero attached hydrogens (tertiary/aromatic N) is 3. The number of methoxy groups -OCH3 is 2. The van der Waals surface area contributed by atoms with E-state index < -0.39 is 5.92 Å². The first kappa shape index (κ1) is 22.4. The number of ketones is 1. The quantitative estimate of drug-likeness (QED) is 0.752. The van der Waals surface area contributed by atoms with Gasteiger partial charge in [-0.2, -0.15) is 5.26 Å². The summed E-state index contributed by atoms with van der Waals surface area (Å²) in [6.07, 6.45) is 1.03. The van der Waals surface area contributed by atoms with Crippen molar-refractivity contribution in [2.75, 3.05) is 28.3 Å². The molecule has 2 aromatic carbocycles. The molecule has 7 nitrogen and oxygen atoms in total. The van der Waals surface area contributed by atoms with E-state index in [0.29, 0.717) is 41.3 Å². The van der Waals surface area contributed by atoms with Crippen LogP contribution in [0.2, 0.25) is 0 Å². The van der Waals surface area contributed by atoms with Gasteiger partial charge in [-0.15, -0.1) is 0 Å². The summed E-state index contributed by atoms with van der Waals surface area (Å²) in [5.74, 6) is 0.955. The summed E-state index contributed by atoms with van der Waals surface area (Å²) in [6.45, 7) is 0. The molecule has 0 fully saturated rings. The van der Waals surface area contributed by atoms with Gasteiger partial charge in [0.25, 0.3) is 0 Å². The number of allylic oxidation sites excluding steroid dienone is 3. The summed E-state index contributed by atoms with van der Waals surface area (Å²) < 4.78 is 10.9. The van der Waals surface area contributed by atoms with E-state index >= 15 is 0 Å². The fourth-order valence-corrected chi connectivity index (χ4v) is 4.90. The number of rotatable bonds is 5. The molecule has 0 aromatic heterocycles. The number of hydrazine groups is 1. The molecule has 0 spiro atoms. The van der Waals surface area contributed by atoms with Crippen LogP contribution in [0.15, 0.2) is 71.2 Å². The minimum absolute atomic E-state index is 0.0250. The van der Waals surface area contributed by atoms with E-state index in [1.807, 2.05) is 49.4 Å². The van der Waals surface area contributed by atoms with Crippen molar-refractivity contribution < 1.29 is 14.3 Å². The van der Waals surface area contributed by atoms with Gasteiger partial charge in [0.05, 0.1) is 31.8 Å². The predicted molar refractivity (Wildman–Crippen MR) is 125 cm³/mol. The van der Waals surface area contributed by atoms with Crippen LogP contribution < -0.4 is 15.2 Å². The number of nitrogens with two attached hydrogens (primary N) is 1. The Morgan fingerprint density at radius 3 is 2.33 bits per heavy atom. The van der Waals surface area contributed by atoms with Gasteiger partial charge in [0, 0.05) is 31.8 Å². The third-order valence-electron chi connectivity index (χ3n) is 6.35. The summed E-state index contributed by atoms with van der Waals surface area (Å²) in [6, 6.07) is 17.8. The lowest BCUT2D eigenvalue weighted by Gasteiger charge is -2.43. The molecule has 1 aliphatic heterocycles. The molecule has 4 rings (SSSR count). The lowest BCUT2D eigenvalue weighted by molar-refractivity contribution is -0.117. The molecule has 170 valence electrons. The maximum atomic E-state index is 13.7. The highest BCUT2D eigenvalue weighted by atomic mass is 16.5. The van der Waals surface area contributed by atoms with Crippen molar-refractivity contribution in [2.45, 2.75) is 24.7 Å². The minimum Gasteiger partial charge on any atom is -0.493 e. The zero-order valence-corrected chi connectivity index (χ0v) is 19.3. The Morgan fingerprint density at radius 1 is 1.03 bits per heavy atom. The van der Waals surface area contributed by atoms with Crippen molar-refractivity contribution in [2.24, 2.45) is 5.73 Å². The average Bonchev–Trinajstić information content (AvgIpc) is 2.82. The van der Waals surface area contributed by atoms with Gasteiger partial charge in [-0.3, -0.25) is 9.80 Å². The Bertz CT molecular complexity index is 1180. The number of benzene rings is 2. The van der Waals surface area contributed by atoms with E-state index in [0.717, 1.165) is 16.8 Å². The predicted octanol–water partition coefficient (Wildman–Crippen LogP) is 3.67. The maximum absolute atomic E-state index is 13.7. The number of Topliss-reactive ketones (excluding diaryl/α,β-unsaturated/α-hetero) is 1. The Labute approximate surface area is 194 Å². The monoisotopic (exact) mass is 444 g/mol. The molecule has 0 unspecified atom stereocenters. The molecule has 2 atom stereocenters. The first-order valence-corrected chi connectivity index (χ1v) is 10.8. The number of hydrogen-bond donors (Lipinski definition) is 1. The Hall–Kier alpha value is -3.76. The zero-order valence-electron chi connectivity index (χ0n) is 19.3. The van der Waals surface area contributed by atoms with Crippen LogP contribution in [0.25, 0.3) is 0 Å². The number of hydrogen-bond acceptors (Lipinski definition) is 7. The van der Waals surface area contributed by atoms with Crippen LogP contribution in [0.4, 0.5) is 0 Å². The number of carbonyl (C=O) groups excluding carboxylic acids is 1. The van der Waals surface area contributed by atoms with E-state index in [1.54, 1.807) is 25.3 Å². The maximum Gasteiger partial charge on any atom is 0.162 e. The van der Waals surface area contributed by atoms with Gasteiger partial charge in [-0.1, -0.05) is 36.4 Å². The number of nitriles is 1. The molecule has 1 heterocycles. The van der Waals surface area contributed by atoms with E-state index in [1.165, 1.54) is 0 Å². The summed E-state index contributed by atoms with van der Waals surface area (Å²) in [5, 5.41) is 13.7. The highest BCUT2D eigenvalue weighted by Gasteiger charge is 2.43. The molecule has 33 heavy (non-hydrogen) atoms. The molecular weight excluding hydrogens is 416 g/mol. The fourth-order valence-electron chi connectivity index (χ4n) is 4.90. The molecular formula is C26H28N4O3. The van der Waals surface area contributed by atoms with Crippen LogP contribution in [0.1, 0.15) is 35.8 Å². The van der Waals surface area contributed by atoms with Gasteiger partial charge in [0.2, 0.25) is 0 Å². The molecule has 2 aromatic rings. The van der Waals surface area contributed by atoms with E-state index in [2.05, 4.69) is 18.2 Å². The first-order valence-electron chi connectivity index (χ1n) is 10.8. The molecule has 1 aliphatic carbocycles. The van der Waals surface area contributed by atoms with Crippen molar-refractivity contribution in [1.82, 2.24) is 10.0 Å². The van der Waals surface area contributed by atoms with Crippen molar-refractivity contribution in [3.05, 3.63) is 82.3 Å². The minimum atomic E-state index is -0.565. The second kappa shape index (κ2) is 9.00. The summed E-state index contributed by atoms with van der Waals surface area (Å²) in [7, 11) is 6.85. The van der Waals surface area contributed by atoms with Crippen LogP contribution >= 0.6 is 0 Å². The second-order valence-corrected chi connectivity index (χ2v) is 8.42. The third kappa shape index (κ3) is 3.83. The molecule has 7 heteroatoms. The van der Waals surface area contributed by atoms with Gasteiger partial charge in [0.1, 0.15) is 5.82 Å². The first-order chi connectivity index (χ1) is 15.9. The van der Waals surface area contributed by atoms with Crippen molar-refractivity contribution >= 4 is 5.78 Å². The summed E-state index contributed by atoms with van der Waals surface area (Å²) >= 11 is 0. The molecule has 0 saturated carbocycles. The lowest BCUT2D eigenvalue weighted by Crippen LogP contribution is -2.46. The van der Waals surface area contributed by atoms with Crippen LogP contribution in [0.3, 0.4) is 0 Å². The van der Waals surface area contributed by atoms with Crippen LogP contribution in [0.5, 0.6) is 11.5 Å². The molecule has 0 radical (unpaired) electrons. The van der Waals surface area contributed by atoms with Gasteiger partial charge >= 0.3 is 0 Å². The third-order valence-corrected chi connectivity index (χ3v) is 6.35. The van der Waals surface area contributed by atoms with Gasteiger partial charge in [-0.25, -0.2) is 5.01 Å². The summed E-state index contributed by atoms with van der Waals surface area (Å²) in [4.78, 5) is 13.7. The van der Waals surface area contributed by atoms with Crippen molar-refractivity contribution in [1.29, 1.82) is 5.26 Å². The van der Waals surface area contributed by atoms with Gasteiger partial charge in [-0.05, 0) is 35.6 Å². The molecule has 0 saturated heterocycles. The molecule has 2 N–H and O–H groups in total. The normalized spacial score (nSPS) is 20.6. The van der Waals surface area contributed by atoms with Gasteiger partial charge in [0.15, 0.2) is 17.3 Å². The van der Waals surface area contributed by atoms with E-state index in [9.17, 15) is 10.1 Å². The smallest absolute Gasteiger partial charge is 0.162 e. The SMILES string of the molecule is COc1ccc([C@@H]2C(C#N)=C(N)N(N(C)C)C3=C2C(=O)C[C@H](c2ccccc2)C3)cc1OC. The average molecular weight is 445 g/mol. The van der Waals surface area contributed by atoms with Crippen LogP contribution in [-0.2, 0) is 4.79 Å².